The Morgan fingerprint density at radius 1 is 1.19 bits per heavy atom. The van der Waals surface area contributed by atoms with Gasteiger partial charge in [0, 0.05) is 25.8 Å². The molecule has 0 heterocycles. The predicted octanol–water partition coefficient (Wildman–Crippen LogP) is 2.23. The molecule has 16 heavy (non-hydrogen) atoms. The van der Waals surface area contributed by atoms with E-state index in [1.54, 1.807) is 0 Å². The third-order valence-electron chi connectivity index (χ3n) is 2.61. The number of anilines is 2. The molecule has 1 aromatic rings. The molecule has 1 rings (SSSR count). The van der Waals surface area contributed by atoms with Crippen LogP contribution in [0.3, 0.4) is 0 Å². The van der Waals surface area contributed by atoms with Crippen LogP contribution in [0.4, 0.5) is 11.4 Å². The van der Waals surface area contributed by atoms with Crippen LogP contribution in [0.5, 0.6) is 0 Å². The number of nitrogens with two attached hydrogens (primary N) is 1. The first-order chi connectivity index (χ1) is 7.41. The molecule has 0 atom stereocenters. The first-order valence-electron chi connectivity index (χ1n) is 5.33. The maximum absolute atomic E-state index is 6.03. The molecule has 90 valence electrons. The summed E-state index contributed by atoms with van der Waals surface area (Å²) in [4.78, 5) is 4.35. The van der Waals surface area contributed by atoms with Crippen molar-refractivity contribution in [2.24, 2.45) is 0 Å². The van der Waals surface area contributed by atoms with Crippen molar-refractivity contribution in [2.45, 2.75) is 6.92 Å². The molecule has 0 saturated carbocycles. The lowest BCUT2D eigenvalue weighted by Gasteiger charge is -2.24. The van der Waals surface area contributed by atoms with E-state index in [2.05, 4.69) is 30.9 Å². The van der Waals surface area contributed by atoms with E-state index in [4.69, 9.17) is 17.3 Å². The summed E-state index contributed by atoms with van der Waals surface area (Å²) >= 11 is 6.03. The Balaban J connectivity index is 2.82. The van der Waals surface area contributed by atoms with Crippen LogP contribution in [0, 0.1) is 6.92 Å². The van der Waals surface area contributed by atoms with Gasteiger partial charge in [0.15, 0.2) is 0 Å². The number of hydrogen-bond donors (Lipinski definition) is 1. The van der Waals surface area contributed by atoms with Crippen LogP contribution in [0.15, 0.2) is 12.1 Å². The van der Waals surface area contributed by atoms with Crippen molar-refractivity contribution < 1.29 is 0 Å². The Morgan fingerprint density at radius 2 is 1.81 bits per heavy atom. The summed E-state index contributed by atoms with van der Waals surface area (Å²) in [5.41, 5.74) is 8.69. The van der Waals surface area contributed by atoms with Crippen molar-refractivity contribution >= 4 is 23.0 Å². The molecule has 0 bridgehead atoms. The van der Waals surface area contributed by atoms with Crippen LogP contribution in [0.2, 0.25) is 5.02 Å². The van der Waals surface area contributed by atoms with Gasteiger partial charge in [0.05, 0.1) is 10.7 Å². The van der Waals surface area contributed by atoms with E-state index in [1.165, 1.54) is 0 Å². The molecular formula is C12H20ClN3. The monoisotopic (exact) mass is 241 g/mol. The smallest absolute Gasteiger partial charge is 0.0656 e. The Kier molecular flexibility index (Phi) is 4.44. The molecule has 0 radical (unpaired) electrons. The molecule has 0 saturated heterocycles. The first kappa shape index (κ1) is 13.1. The van der Waals surface area contributed by atoms with Crippen LogP contribution in [-0.2, 0) is 0 Å². The zero-order valence-electron chi connectivity index (χ0n) is 10.4. The highest BCUT2D eigenvalue weighted by Crippen LogP contribution is 2.28. The molecule has 0 aromatic heterocycles. The molecule has 1 aromatic carbocycles. The average molecular weight is 242 g/mol. The molecule has 4 heteroatoms. The summed E-state index contributed by atoms with van der Waals surface area (Å²) in [7, 11) is 6.20. The number of hydrogen-bond acceptors (Lipinski definition) is 3. The van der Waals surface area contributed by atoms with Gasteiger partial charge in [-0.3, -0.25) is 0 Å². The van der Waals surface area contributed by atoms with Crippen molar-refractivity contribution in [3.05, 3.63) is 22.7 Å². The molecule has 3 nitrogen and oxygen atoms in total. The summed E-state index contributed by atoms with van der Waals surface area (Å²) in [5.74, 6) is 0. The molecule has 0 aliphatic heterocycles. The van der Waals surface area contributed by atoms with Crippen LogP contribution in [0.1, 0.15) is 5.56 Å². The van der Waals surface area contributed by atoms with Gasteiger partial charge in [-0.2, -0.15) is 0 Å². The molecule has 0 fully saturated rings. The molecule has 0 aliphatic rings. The van der Waals surface area contributed by atoms with Crippen molar-refractivity contribution in [1.29, 1.82) is 0 Å². The maximum atomic E-state index is 6.03. The third kappa shape index (κ3) is 3.29. The number of nitrogens with zero attached hydrogens (tertiary/aromatic N) is 2. The number of halogens is 1. The highest BCUT2D eigenvalue weighted by Gasteiger charge is 2.08. The van der Waals surface area contributed by atoms with E-state index in [0.717, 1.165) is 24.3 Å². The number of rotatable bonds is 4. The van der Waals surface area contributed by atoms with Crippen molar-refractivity contribution in [3.63, 3.8) is 0 Å². The summed E-state index contributed by atoms with van der Waals surface area (Å²) in [6, 6.07) is 3.85. The van der Waals surface area contributed by atoms with Crippen molar-refractivity contribution in [2.75, 3.05) is 44.9 Å². The standard InChI is InChI=1S/C12H20ClN3/c1-9-7-11(14)10(13)8-12(9)16(4)6-5-15(2)3/h7-8H,5-6,14H2,1-4H3. The van der Waals surface area contributed by atoms with Crippen molar-refractivity contribution in [3.8, 4) is 0 Å². The third-order valence-corrected chi connectivity index (χ3v) is 2.94. The van der Waals surface area contributed by atoms with Gasteiger partial charge in [-0.1, -0.05) is 11.6 Å². The van der Waals surface area contributed by atoms with Crippen LogP contribution in [-0.4, -0.2) is 39.1 Å². The Hall–Kier alpha value is -0.930. The van der Waals surface area contributed by atoms with E-state index in [1.807, 2.05) is 19.1 Å². The summed E-state index contributed by atoms with van der Waals surface area (Å²) in [6.07, 6.45) is 0. The van der Waals surface area contributed by atoms with E-state index < -0.39 is 0 Å². The SMILES string of the molecule is Cc1cc(N)c(Cl)cc1N(C)CCN(C)C. The second kappa shape index (κ2) is 5.41. The quantitative estimate of drug-likeness (QED) is 0.821. The van der Waals surface area contributed by atoms with Gasteiger partial charge in [0.25, 0.3) is 0 Å². The van der Waals surface area contributed by atoms with Gasteiger partial charge in [-0.25, -0.2) is 0 Å². The van der Waals surface area contributed by atoms with E-state index in [9.17, 15) is 0 Å². The van der Waals surface area contributed by atoms with E-state index >= 15 is 0 Å². The second-order valence-electron chi connectivity index (χ2n) is 4.39. The van der Waals surface area contributed by atoms with Gasteiger partial charge < -0.3 is 15.5 Å². The normalized spacial score (nSPS) is 10.9. The Labute approximate surface area is 103 Å². The molecule has 0 aliphatic carbocycles. The van der Waals surface area contributed by atoms with Gasteiger partial charge in [0.1, 0.15) is 0 Å². The minimum atomic E-state index is 0.623. The molecule has 0 spiro atoms. The minimum absolute atomic E-state index is 0.623. The molecule has 0 unspecified atom stereocenters. The molecule has 0 amide bonds. The maximum Gasteiger partial charge on any atom is 0.0656 e. The highest BCUT2D eigenvalue weighted by atomic mass is 35.5. The number of likely N-dealkylation sites (N-methyl/N-ethyl adjacent to an activating group) is 2. The second-order valence-corrected chi connectivity index (χ2v) is 4.79. The lowest BCUT2D eigenvalue weighted by Crippen LogP contribution is -2.28. The number of aryl methyl sites for hydroxylation is 1. The minimum Gasteiger partial charge on any atom is -0.398 e. The van der Waals surface area contributed by atoms with Gasteiger partial charge >= 0.3 is 0 Å². The summed E-state index contributed by atoms with van der Waals surface area (Å²) in [5, 5.41) is 0.623. The Bertz CT molecular complexity index is 364. The first-order valence-corrected chi connectivity index (χ1v) is 5.71. The van der Waals surface area contributed by atoms with Crippen LogP contribution in [0.25, 0.3) is 0 Å². The lowest BCUT2D eigenvalue weighted by molar-refractivity contribution is 0.416. The van der Waals surface area contributed by atoms with Crippen LogP contribution < -0.4 is 10.6 Å². The molecule has 2 N–H and O–H groups in total. The average Bonchev–Trinajstić information content (AvgIpc) is 2.20. The fraction of sp³-hybridized carbons (Fsp3) is 0.500. The van der Waals surface area contributed by atoms with Gasteiger partial charge in [-0.05, 0) is 38.7 Å². The highest BCUT2D eigenvalue weighted by molar-refractivity contribution is 6.33. The zero-order valence-corrected chi connectivity index (χ0v) is 11.2. The fourth-order valence-electron chi connectivity index (χ4n) is 1.58. The van der Waals surface area contributed by atoms with Gasteiger partial charge in [-0.15, -0.1) is 0 Å². The van der Waals surface area contributed by atoms with Gasteiger partial charge in [0.2, 0.25) is 0 Å². The predicted molar refractivity (Wildman–Crippen MR) is 72.4 cm³/mol. The number of nitrogen functional groups attached to an aromatic ring is 1. The topological polar surface area (TPSA) is 32.5 Å². The largest absolute Gasteiger partial charge is 0.398 e. The van der Waals surface area contributed by atoms with E-state index in [0.29, 0.717) is 10.7 Å². The lowest BCUT2D eigenvalue weighted by atomic mass is 10.1. The van der Waals surface area contributed by atoms with E-state index in [-0.39, 0.29) is 0 Å². The van der Waals surface area contributed by atoms with Crippen molar-refractivity contribution in [1.82, 2.24) is 4.90 Å². The fourth-order valence-corrected chi connectivity index (χ4v) is 1.73. The zero-order chi connectivity index (χ0) is 12.3. The molecular weight excluding hydrogens is 222 g/mol. The summed E-state index contributed by atoms with van der Waals surface area (Å²) in [6.45, 7) is 4.03. The summed E-state index contributed by atoms with van der Waals surface area (Å²) < 4.78 is 0. The van der Waals surface area contributed by atoms with Crippen LogP contribution >= 0.6 is 11.6 Å². The Morgan fingerprint density at radius 3 is 2.38 bits per heavy atom. The number of benzene rings is 1.